The van der Waals surface area contributed by atoms with Crippen molar-refractivity contribution in [3.8, 4) is 5.75 Å². The number of aromatic nitrogens is 1. The number of phenolic OH excluding ortho intramolecular Hbond substituents is 1. The molecule has 2 aliphatic rings. The molecule has 2 aliphatic heterocycles. The predicted molar refractivity (Wildman–Crippen MR) is 128 cm³/mol. The number of thioether (sulfide) groups is 1. The van der Waals surface area contributed by atoms with Gasteiger partial charge in [0.05, 0.1) is 10.9 Å². The number of fused-ring (bicyclic) bond motifs is 2. The number of carbonyl (C=O) groups is 4. The first-order valence-corrected chi connectivity index (χ1v) is 12.2. The van der Waals surface area contributed by atoms with Crippen molar-refractivity contribution >= 4 is 52.5 Å². The number of anilines is 1. The van der Waals surface area contributed by atoms with Gasteiger partial charge in [-0.25, -0.2) is 4.79 Å². The second-order valence-corrected chi connectivity index (χ2v) is 10.1. The predicted octanol–water partition coefficient (Wildman–Crippen LogP) is 1.92. The number of carbonyl (C=O) groups excluding carboxylic acids is 4. The number of nitrogens with one attached hydrogen (secondary N) is 1. The fourth-order valence-electron chi connectivity index (χ4n) is 4.38. The third-order valence-corrected chi connectivity index (χ3v) is 8.48. The van der Waals surface area contributed by atoms with E-state index in [-0.39, 0.29) is 12.3 Å². The molecule has 1 aromatic heterocycles. The van der Waals surface area contributed by atoms with E-state index in [0.29, 0.717) is 26.1 Å². The lowest BCUT2D eigenvalue weighted by Gasteiger charge is -2.30. The molecule has 2 aromatic carbocycles. The van der Waals surface area contributed by atoms with E-state index >= 15 is 0 Å². The maximum Gasteiger partial charge on any atom is 0.328 e. The van der Waals surface area contributed by atoms with Gasteiger partial charge in [0.25, 0.3) is 5.91 Å². The summed E-state index contributed by atoms with van der Waals surface area (Å²) >= 11 is 1.86. The van der Waals surface area contributed by atoms with Crippen LogP contribution in [-0.2, 0) is 20.9 Å². The van der Waals surface area contributed by atoms with Gasteiger partial charge in [0.1, 0.15) is 17.5 Å². The number of urea groups is 1. The Labute approximate surface area is 206 Å². The van der Waals surface area contributed by atoms with Crippen LogP contribution in [0.2, 0.25) is 0 Å². The third-order valence-electron chi connectivity index (χ3n) is 5.88. The zero-order valence-electron chi connectivity index (χ0n) is 17.9. The molecule has 0 spiro atoms. The largest absolute Gasteiger partial charge is 0.508 e. The molecular formula is C23H18N4O6S2. The van der Waals surface area contributed by atoms with Crippen molar-refractivity contribution in [3.63, 3.8) is 0 Å². The molecule has 5 amide bonds. The Bertz CT molecular complexity index is 1420. The number of nitrogens with zero attached hydrogens (tertiary/aromatic N) is 2. The van der Waals surface area contributed by atoms with Crippen LogP contribution in [0.25, 0.3) is 0 Å². The van der Waals surface area contributed by atoms with Crippen molar-refractivity contribution in [1.82, 2.24) is 9.47 Å². The fourth-order valence-corrected chi connectivity index (χ4v) is 7.15. The summed E-state index contributed by atoms with van der Waals surface area (Å²) in [6.45, 7) is -0.298. The van der Waals surface area contributed by atoms with Crippen LogP contribution in [0.4, 0.5) is 10.5 Å². The smallest absolute Gasteiger partial charge is 0.328 e. The second-order valence-electron chi connectivity index (χ2n) is 8.02. The number of likely N-dealkylation sites (tertiary alicyclic amines) is 1. The Morgan fingerprint density at radius 3 is 2.34 bits per heavy atom. The first-order chi connectivity index (χ1) is 16.8. The number of imide groups is 3. The van der Waals surface area contributed by atoms with E-state index < -0.39 is 45.7 Å². The molecule has 4 N–H and O–H groups in total. The average Bonchev–Trinajstić information content (AvgIpc) is 3.26. The molecule has 1 fully saturated rings. The average molecular weight is 511 g/mol. The van der Waals surface area contributed by atoms with E-state index in [9.17, 15) is 29.1 Å². The molecule has 0 aliphatic carbocycles. The lowest BCUT2D eigenvalue weighted by molar-refractivity contribution is -0.135. The number of rotatable bonds is 4. The first kappa shape index (κ1) is 22.9. The molecule has 0 saturated carbocycles. The summed E-state index contributed by atoms with van der Waals surface area (Å²) < 4.78 is 1.28. The third kappa shape index (κ3) is 3.90. The van der Waals surface area contributed by atoms with Gasteiger partial charge in [0, 0.05) is 16.5 Å². The van der Waals surface area contributed by atoms with Crippen molar-refractivity contribution in [2.75, 3.05) is 5.32 Å². The van der Waals surface area contributed by atoms with Gasteiger partial charge in [0.2, 0.25) is 11.8 Å². The van der Waals surface area contributed by atoms with Gasteiger partial charge in [-0.3, -0.25) is 23.7 Å². The van der Waals surface area contributed by atoms with Gasteiger partial charge in [-0.05, 0) is 29.8 Å². The summed E-state index contributed by atoms with van der Waals surface area (Å²) in [5.41, 5.74) is 6.45. The Hall–Kier alpha value is -3.90. The lowest BCUT2D eigenvalue weighted by atomic mass is 9.83. The fraction of sp³-hybridized carbons (Fsp3) is 0.174. The molecular weight excluding hydrogens is 492 g/mol. The van der Waals surface area contributed by atoms with Gasteiger partial charge >= 0.3 is 10.9 Å². The number of phenols is 1. The van der Waals surface area contributed by atoms with E-state index in [4.69, 9.17) is 5.73 Å². The number of hydrogen-bond acceptors (Lipinski definition) is 8. The molecule has 3 aromatic rings. The molecule has 0 bridgehead atoms. The maximum absolute atomic E-state index is 13.1. The highest BCUT2D eigenvalue weighted by Gasteiger charge is 2.57. The van der Waals surface area contributed by atoms with Crippen LogP contribution in [0.5, 0.6) is 5.75 Å². The van der Waals surface area contributed by atoms with Crippen molar-refractivity contribution in [2.24, 2.45) is 11.7 Å². The molecule has 3 heterocycles. The van der Waals surface area contributed by atoms with E-state index in [1.165, 1.54) is 16.7 Å². The molecule has 12 heteroatoms. The number of nitrogens with two attached hydrogens (primary N) is 1. The van der Waals surface area contributed by atoms with E-state index in [0.717, 1.165) is 23.1 Å². The number of benzene rings is 2. The SMILES string of the molecule is NC(=O)N1C(=O)[C@@H]2[C@H](c3ccc(O)cc3)c3sc(=O)n(CC(=O)Nc4ccccc4)c3S[C@@H]2C1=O. The van der Waals surface area contributed by atoms with Crippen LogP contribution < -0.4 is 15.9 Å². The van der Waals surface area contributed by atoms with E-state index in [1.807, 2.05) is 0 Å². The Kier molecular flexibility index (Phi) is 5.69. The van der Waals surface area contributed by atoms with Crippen LogP contribution in [0.3, 0.4) is 0 Å². The second kappa shape index (κ2) is 8.71. The van der Waals surface area contributed by atoms with Crippen molar-refractivity contribution in [2.45, 2.75) is 22.7 Å². The highest BCUT2D eigenvalue weighted by Crippen LogP contribution is 2.53. The van der Waals surface area contributed by atoms with Gasteiger partial charge in [0.15, 0.2) is 0 Å². The summed E-state index contributed by atoms with van der Waals surface area (Å²) in [7, 11) is 0. The zero-order valence-corrected chi connectivity index (χ0v) is 19.5. The van der Waals surface area contributed by atoms with Gasteiger partial charge < -0.3 is 16.2 Å². The molecule has 10 nitrogen and oxygen atoms in total. The normalized spacial score (nSPS) is 20.9. The molecule has 3 atom stereocenters. The van der Waals surface area contributed by atoms with Crippen LogP contribution in [0, 0.1) is 5.92 Å². The first-order valence-electron chi connectivity index (χ1n) is 10.5. The highest BCUT2D eigenvalue weighted by atomic mass is 32.2. The van der Waals surface area contributed by atoms with Crippen molar-refractivity contribution < 1.29 is 24.3 Å². The number of aromatic hydroxyl groups is 1. The summed E-state index contributed by atoms with van der Waals surface area (Å²) in [4.78, 5) is 64.2. The number of hydrogen-bond donors (Lipinski definition) is 3. The Morgan fingerprint density at radius 2 is 1.69 bits per heavy atom. The number of amides is 5. The lowest BCUT2D eigenvalue weighted by Crippen LogP contribution is -2.41. The standard InChI is InChI=1S/C23H18N4O6S2/c24-22(32)27-19(30)16-15(11-6-8-13(28)9-7-11)18-21(34-17(16)20(27)31)26(23(33)35-18)10-14(29)25-12-4-2-1-3-5-12/h1-9,15-17,28H,10H2,(H2,24,32)(H,25,29)/t15-,16+,17-/m0/s1. The van der Waals surface area contributed by atoms with Gasteiger partial charge in [-0.1, -0.05) is 53.4 Å². The summed E-state index contributed by atoms with van der Waals surface area (Å²) in [6.07, 6.45) is 0. The minimum atomic E-state index is -1.16. The molecule has 1 saturated heterocycles. The number of para-hydroxylation sites is 1. The minimum Gasteiger partial charge on any atom is -0.508 e. The molecule has 0 unspecified atom stereocenters. The number of thiazole rings is 1. The quantitative estimate of drug-likeness (QED) is 0.454. The van der Waals surface area contributed by atoms with Crippen molar-refractivity contribution in [3.05, 3.63) is 74.7 Å². The van der Waals surface area contributed by atoms with E-state index in [2.05, 4.69) is 5.32 Å². The topological polar surface area (TPSA) is 152 Å². The molecule has 5 rings (SSSR count). The van der Waals surface area contributed by atoms with Crippen LogP contribution >= 0.6 is 23.1 Å². The Morgan fingerprint density at radius 1 is 1.00 bits per heavy atom. The monoisotopic (exact) mass is 510 g/mol. The van der Waals surface area contributed by atoms with Gasteiger partial charge in [-0.15, -0.1) is 0 Å². The van der Waals surface area contributed by atoms with Crippen LogP contribution in [-0.4, -0.2) is 43.6 Å². The molecule has 0 radical (unpaired) electrons. The summed E-state index contributed by atoms with van der Waals surface area (Å²) in [5.74, 6) is -3.64. The summed E-state index contributed by atoms with van der Waals surface area (Å²) in [6, 6.07) is 13.7. The van der Waals surface area contributed by atoms with Crippen LogP contribution in [0.1, 0.15) is 16.4 Å². The van der Waals surface area contributed by atoms with Crippen LogP contribution in [0.15, 0.2) is 64.4 Å². The summed E-state index contributed by atoms with van der Waals surface area (Å²) in [5, 5.41) is 11.8. The zero-order chi connectivity index (χ0) is 24.9. The Balaban J connectivity index is 1.58. The molecule has 178 valence electrons. The highest BCUT2D eigenvalue weighted by molar-refractivity contribution is 8.00. The number of primary amides is 1. The minimum absolute atomic E-state index is 0.00614. The van der Waals surface area contributed by atoms with E-state index in [1.54, 1.807) is 42.5 Å². The van der Waals surface area contributed by atoms with Crippen molar-refractivity contribution in [1.29, 1.82) is 0 Å². The molecule has 35 heavy (non-hydrogen) atoms. The van der Waals surface area contributed by atoms with Gasteiger partial charge in [-0.2, -0.15) is 4.90 Å². The maximum atomic E-state index is 13.1.